The molecule has 0 radical (unpaired) electrons. The molecule has 0 bridgehead atoms. The Morgan fingerprint density at radius 3 is 2.89 bits per heavy atom. The van der Waals surface area contributed by atoms with E-state index in [1.165, 1.54) is 0 Å². The average molecular weight is 264 g/mol. The molecule has 106 valence electrons. The van der Waals surface area contributed by atoms with Crippen LogP contribution in [0.15, 0.2) is 24.3 Å². The zero-order chi connectivity index (χ0) is 13.5. The van der Waals surface area contributed by atoms with Crippen LogP contribution in [0.1, 0.15) is 19.8 Å². The molecule has 2 rings (SSSR count). The minimum Gasteiger partial charge on any atom is -0.494 e. The molecule has 1 aliphatic rings. The quantitative estimate of drug-likeness (QED) is 0.632. The van der Waals surface area contributed by atoms with Crippen LogP contribution >= 0.6 is 0 Å². The van der Waals surface area contributed by atoms with Gasteiger partial charge in [-0.05, 0) is 37.1 Å². The van der Waals surface area contributed by atoms with E-state index in [4.69, 9.17) is 15.2 Å². The number of nitrogen functional groups attached to an aromatic ring is 1. The highest BCUT2D eigenvalue weighted by molar-refractivity contribution is 5.41. The molecule has 1 aromatic rings. The van der Waals surface area contributed by atoms with E-state index in [1.54, 1.807) is 0 Å². The van der Waals surface area contributed by atoms with Crippen molar-refractivity contribution in [1.82, 2.24) is 4.90 Å². The third-order valence-electron chi connectivity index (χ3n) is 3.45. The lowest BCUT2D eigenvalue weighted by atomic mass is 10.2. The lowest BCUT2D eigenvalue weighted by molar-refractivity contribution is -0.0306. The van der Waals surface area contributed by atoms with E-state index in [-0.39, 0.29) is 0 Å². The molecule has 0 spiro atoms. The first-order valence-corrected chi connectivity index (χ1v) is 7.10. The smallest absolute Gasteiger partial charge is 0.119 e. The number of hydrogen-bond acceptors (Lipinski definition) is 4. The van der Waals surface area contributed by atoms with Crippen molar-refractivity contribution in [3.8, 4) is 5.75 Å². The Morgan fingerprint density at radius 2 is 2.16 bits per heavy atom. The fraction of sp³-hybridized carbons (Fsp3) is 0.600. The van der Waals surface area contributed by atoms with Crippen LogP contribution in [-0.4, -0.2) is 43.9 Å². The van der Waals surface area contributed by atoms with Gasteiger partial charge in [0.05, 0.1) is 19.3 Å². The van der Waals surface area contributed by atoms with Crippen molar-refractivity contribution in [3.63, 3.8) is 0 Å². The molecular weight excluding hydrogens is 240 g/mol. The highest BCUT2D eigenvalue weighted by atomic mass is 16.5. The first kappa shape index (κ1) is 14.2. The van der Waals surface area contributed by atoms with Gasteiger partial charge in [-0.1, -0.05) is 6.92 Å². The Bertz CT molecular complexity index is 367. The van der Waals surface area contributed by atoms with Crippen molar-refractivity contribution < 1.29 is 9.47 Å². The van der Waals surface area contributed by atoms with E-state index in [1.807, 2.05) is 24.3 Å². The van der Waals surface area contributed by atoms with Crippen molar-refractivity contribution >= 4 is 5.69 Å². The summed E-state index contributed by atoms with van der Waals surface area (Å²) in [5.41, 5.74) is 6.40. The zero-order valence-corrected chi connectivity index (χ0v) is 11.7. The third-order valence-corrected chi connectivity index (χ3v) is 3.45. The molecule has 0 amide bonds. The molecule has 2 N–H and O–H groups in total. The summed E-state index contributed by atoms with van der Waals surface area (Å²) in [4.78, 5) is 2.46. The zero-order valence-electron chi connectivity index (χ0n) is 11.7. The Morgan fingerprint density at radius 1 is 1.37 bits per heavy atom. The summed E-state index contributed by atoms with van der Waals surface area (Å²) in [6, 6.07) is 7.56. The van der Waals surface area contributed by atoms with Gasteiger partial charge in [-0.2, -0.15) is 0 Å². The predicted molar refractivity (Wildman–Crippen MR) is 77.4 cm³/mol. The number of morpholine rings is 1. The predicted octanol–water partition coefficient (Wildman–Crippen LogP) is 2.15. The molecule has 1 fully saturated rings. The van der Waals surface area contributed by atoms with E-state index in [0.717, 1.165) is 57.1 Å². The fourth-order valence-corrected chi connectivity index (χ4v) is 2.27. The molecule has 1 aliphatic heterocycles. The number of hydrogen-bond donors (Lipinski definition) is 1. The molecule has 1 aromatic carbocycles. The van der Waals surface area contributed by atoms with Gasteiger partial charge < -0.3 is 15.2 Å². The second kappa shape index (κ2) is 7.36. The summed E-state index contributed by atoms with van der Waals surface area (Å²) in [7, 11) is 0. The summed E-state index contributed by atoms with van der Waals surface area (Å²) in [5, 5.41) is 0. The Labute approximate surface area is 115 Å². The molecule has 0 aliphatic carbocycles. The summed E-state index contributed by atoms with van der Waals surface area (Å²) in [6.07, 6.45) is 2.55. The van der Waals surface area contributed by atoms with Crippen LogP contribution in [0.3, 0.4) is 0 Å². The first-order valence-electron chi connectivity index (χ1n) is 7.10. The van der Waals surface area contributed by atoms with E-state index < -0.39 is 0 Å². The van der Waals surface area contributed by atoms with Crippen LogP contribution in [0.25, 0.3) is 0 Å². The first-order chi connectivity index (χ1) is 9.28. The molecule has 1 unspecified atom stereocenters. The van der Waals surface area contributed by atoms with Crippen LogP contribution < -0.4 is 10.5 Å². The van der Waals surface area contributed by atoms with Gasteiger partial charge in [0, 0.05) is 25.3 Å². The lowest BCUT2D eigenvalue weighted by Gasteiger charge is -2.32. The van der Waals surface area contributed by atoms with E-state index in [2.05, 4.69) is 11.8 Å². The molecule has 1 heterocycles. The van der Waals surface area contributed by atoms with Gasteiger partial charge in [0.1, 0.15) is 5.75 Å². The summed E-state index contributed by atoms with van der Waals surface area (Å²) in [5.74, 6) is 0.891. The number of anilines is 1. The van der Waals surface area contributed by atoms with Gasteiger partial charge in [-0.15, -0.1) is 0 Å². The monoisotopic (exact) mass is 264 g/mol. The average Bonchev–Trinajstić information content (AvgIpc) is 2.46. The number of benzene rings is 1. The van der Waals surface area contributed by atoms with E-state index >= 15 is 0 Å². The molecular formula is C15H24N2O2. The SMILES string of the molecule is CCC1CN(CCCOc2ccc(N)cc2)CCO1. The number of nitrogens with zero attached hydrogens (tertiary/aromatic N) is 1. The largest absolute Gasteiger partial charge is 0.494 e. The summed E-state index contributed by atoms with van der Waals surface area (Å²) in [6.45, 7) is 6.96. The van der Waals surface area contributed by atoms with Crippen LogP contribution in [0, 0.1) is 0 Å². The Kier molecular flexibility index (Phi) is 5.48. The van der Waals surface area contributed by atoms with Crippen LogP contribution in [-0.2, 0) is 4.74 Å². The maximum atomic E-state index is 5.69. The Balaban J connectivity index is 1.62. The Hall–Kier alpha value is -1.26. The van der Waals surface area contributed by atoms with Gasteiger partial charge in [-0.25, -0.2) is 0 Å². The molecule has 4 nitrogen and oxygen atoms in total. The van der Waals surface area contributed by atoms with Gasteiger partial charge in [0.15, 0.2) is 0 Å². The molecule has 0 aromatic heterocycles. The normalized spacial score (nSPS) is 20.4. The number of ether oxygens (including phenoxy) is 2. The van der Waals surface area contributed by atoms with Gasteiger partial charge in [0.25, 0.3) is 0 Å². The minimum absolute atomic E-state index is 0.409. The maximum Gasteiger partial charge on any atom is 0.119 e. The van der Waals surface area contributed by atoms with E-state index in [9.17, 15) is 0 Å². The minimum atomic E-state index is 0.409. The lowest BCUT2D eigenvalue weighted by Crippen LogP contribution is -2.42. The standard InChI is InChI=1S/C15H24N2O2/c1-2-14-12-17(9-11-19-14)8-3-10-18-15-6-4-13(16)5-7-15/h4-7,14H,2-3,8-12,16H2,1H3. The van der Waals surface area contributed by atoms with Gasteiger partial charge in [0.2, 0.25) is 0 Å². The van der Waals surface area contributed by atoms with Crippen LogP contribution in [0.5, 0.6) is 5.75 Å². The van der Waals surface area contributed by atoms with Crippen LogP contribution in [0.2, 0.25) is 0 Å². The molecule has 1 saturated heterocycles. The second-order valence-corrected chi connectivity index (χ2v) is 4.97. The van der Waals surface area contributed by atoms with Gasteiger partial charge in [-0.3, -0.25) is 4.90 Å². The van der Waals surface area contributed by atoms with Crippen molar-refractivity contribution in [2.45, 2.75) is 25.9 Å². The summed E-state index contributed by atoms with van der Waals surface area (Å²) < 4.78 is 11.4. The molecule has 0 saturated carbocycles. The summed E-state index contributed by atoms with van der Waals surface area (Å²) >= 11 is 0. The molecule has 1 atom stereocenters. The molecule has 19 heavy (non-hydrogen) atoms. The van der Waals surface area contributed by atoms with Crippen molar-refractivity contribution in [2.75, 3.05) is 38.6 Å². The second-order valence-electron chi connectivity index (χ2n) is 4.97. The van der Waals surface area contributed by atoms with E-state index in [0.29, 0.717) is 6.10 Å². The molecule has 4 heteroatoms. The number of rotatable bonds is 6. The van der Waals surface area contributed by atoms with Crippen molar-refractivity contribution in [3.05, 3.63) is 24.3 Å². The fourth-order valence-electron chi connectivity index (χ4n) is 2.27. The third kappa shape index (κ3) is 4.73. The topological polar surface area (TPSA) is 47.7 Å². The van der Waals surface area contributed by atoms with Crippen molar-refractivity contribution in [2.24, 2.45) is 0 Å². The highest BCUT2D eigenvalue weighted by Gasteiger charge is 2.17. The van der Waals surface area contributed by atoms with Crippen molar-refractivity contribution in [1.29, 1.82) is 0 Å². The number of nitrogens with two attached hydrogens (primary N) is 1. The maximum absolute atomic E-state index is 5.69. The highest BCUT2D eigenvalue weighted by Crippen LogP contribution is 2.13. The van der Waals surface area contributed by atoms with Gasteiger partial charge >= 0.3 is 0 Å². The van der Waals surface area contributed by atoms with Crippen LogP contribution in [0.4, 0.5) is 5.69 Å².